The van der Waals surface area contributed by atoms with Crippen molar-refractivity contribution in [1.29, 1.82) is 0 Å². The molecule has 4 rings (SSSR count). The summed E-state index contributed by atoms with van der Waals surface area (Å²) in [5.74, 6) is 1.25. The first-order chi connectivity index (χ1) is 14.0. The van der Waals surface area contributed by atoms with E-state index in [4.69, 9.17) is 0 Å². The fourth-order valence-corrected chi connectivity index (χ4v) is 3.61. The third-order valence-corrected chi connectivity index (χ3v) is 5.20. The van der Waals surface area contributed by atoms with Gasteiger partial charge in [0.15, 0.2) is 5.82 Å². The van der Waals surface area contributed by atoms with Crippen LogP contribution in [0.5, 0.6) is 0 Å². The number of nitrogens with one attached hydrogen (secondary N) is 1. The van der Waals surface area contributed by atoms with Crippen LogP contribution in [0, 0.1) is 17.0 Å². The number of benzene rings is 2. The summed E-state index contributed by atoms with van der Waals surface area (Å²) in [6.07, 6.45) is 4.29. The Balaban J connectivity index is 1.66. The number of para-hydroxylation sites is 1. The van der Waals surface area contributed by atoms with Gasteiger partial charge in [-0.15, -0.1) is 10.2 Å². The number of anilines is 1. The second kappa shape index (κ2) is 7.83. The van der Waals surface area contributed by atoms with E-state index < -0.39 is 10.8 Å². The van der Waals surface area contributed by atoms with Crippen LogP contribution >= 0.6 is 0 Å². The summed E-state index contributed by atoms with van der Waals surface area (Å²) >= 11 is 0. The van der Waals surface area contributed by atoms with E-state index in [-0.39, 0.29) is 11.3 Å². The van der Waals surface area contributed by atoms with Crippen molar-refractivity contribution in [3.05, 3.63) is 69.5 Å². The fraction of sp³-hybridized carbons (Fsp3) is 0.286. The van der Waals surface area contributed by atoms with Gasteiger partial charge in [-0.3, -0.25) is 14.9 Å². The molecule has 1 aliphatic heterocycles. The Bertz CT molecular complexity index is 1090. The van der Waals surface area contributed by atoms with Crippen LogP contribution in [-0.2, 0) is 13.0 Å². The molecular weight excluding hydrogens is 370 g/mol. The van der Waals surface area contributed by atoms with E-state index in [1.807, 2.05) is 25.1 Å². The summed E-state index contributed by atoms with van der Waals surface area (Å²) in [5, 5.41) is 22.7. The first-order valence-corrected chi connectivity index (χ1v) is 9.62. The van der Waals surface area contributed by atoms with Crippen molar-refractivity contribution < 1.29 is 9.72 Å². The molecule has 1 N–H and O–H groups in total. The first-order valence-electron chi connectivity index (χ1n) is 9.62. The number of amides is 1. The predicted octanol–water partition coefficient (Wildman–Crippen LogP) is 4.14. The summed E-state index contributed by atoms with van der Waals surface area (Å²) in [6, 6.07) is 11.6. The van der Waals surface area contributed by atoms with Gasteiger partial charge in [-0.05, 0) is 37.5 Å². The molecule has 0 saturated carbocycles. The molecule has 3 aromatic rings. The van der Waals surface area contributed by atoms with Crippen molar-refractivity contribution in [2.75, 3.05) is 5.32 Å². The highest BCUT2D eigenvalue weighted by molar-refractivity contribution is 6.07. The van der Waals surface area contributed by atoms with Gasteiger partial charge in [-0.2, -0.15) is 0 Å². The molecular formula is C21H21N5O3. The summed E-state index contributed by atoms with van der Waals surface area (Å²) in [7, 11) is 0. The lowest BCUT2D eigenvalue weighted by atomic mass is 10.1. The van der Waals surface area contributed by atoms with Crippen molar-refractivity contribution in [2.45, 2.75) is 39.2 Å². The average Bonchev–Trinajstić information content (AvgIpc) is 2.97. The van der Waals surface area contributed by atoms with Crippen LogP contribution in [0.3, 0.4) is 0 Å². The predicted molar refractivity (Wildman–Crippen MR) is 109 cm³/mol. The molecule has 0 saturated heterocycles. The minimum Gasteiger partial charge on any atom is -0.322 e. The highest BCUT2D eigenvalue weighted by Gasteiger charge is 2.21. The van der Waals surface area contributed by atoms with E-state index in [9.17, 15) is 14.9 Å². The second-order valence-electron chi connectivity index (χ2n) is 7.16. The number of hydrogen-bond donors (Lipinski definition) is 1. The van der Waals surface area contributed by atoms with Crippen LogP contribution in [0.2, 0.25) is 0 Å². The van der Waals surface area contributed by atoms with E-state index >= 15 is 0 Å². The van der Waals surface area contributed by atoms with Crippen LogP contribution in [-0.4, -0.2) is 25.6 Å². The zero-order valence-electron chi connectivity index (χ0n) is 16.1. The van der Waals surface area contributed by atoms with Gasteiger partial charge in [-0.1, -0.05) is 30.7 Å². The van der Waals surface area contributed by atoms with Gasteiger partial charge in [0, 0.05) is 30.3 Å². The highest BCUT2D eigenvalue weighted by atomic mass is 16.6. The summed E-state index contributed by atoms with van der Waals surface area (Å²) in [4.78, 5) is 23.4. The zero-order chi connectivity index (χ0) is 20.4. The lowest BCUT2D eigenvalue weighted by Crippen LogP contribution is -2.14. The van der Waals surface area contributed by atoms with Crippen molar-refractivity contribution >= 4 is 17.3 Å². The number of nitro groups is 1. The molecule has 0 spiro atoms. The van der Waals surface area contributed by atoms with E-state index in [0.29, 0.717) is 5.69 Å². The number of aromatic nitrogens is 3. The fourth-order valence-electron chi connectivity index (χ4n) is 3.61. The number of nitro benzene ring substituents is 1. The van der Waals surface area contributed by atoms with E-state index in [0.717, 1.165) is 48.6 Å². The normalized spacial score (nSPS) is 13.4. The maximum Gasteiger partial charge on any atom is 0.282 e. The smallest absolute Gasteiger partial charge is 0.282 e. The van der Waals surface area contributed by atoms with E-state index in [2.05, 4.69) is 20.1 Å². The molecule has 0 atom stereocenters. The van der Waals surface area contributed by atoms with Crippen LogP contribution in [0.25, 0.3) is 11.4 Å². The molecule has 0 aliphatic carbocycles. The third-order valence-electron chi connectivity index (χ3n) is 5.20. The van der Waals surface area contributed by atoms with Crippen molar-refractivity contribution in [3.8, 4) is 11.4 Å². The molecule has 8 heteroatoms. The van der Waals surface area contributed by atoms with Gasteiger partial charge in [0.2, 0.25) is 0 Å². The topological polar surface area (TPSA) is 103 Å². The van der Waals surface area contributed by atoms with Crippen molar-refractivity contribution in [2.24, 2.45) is 0 Å². The van der Waals surface area contributed by atoms with Crippen molar-refractivity contribution in [3.63, 3.8) is 0 Å². The van der Waals surface area contributed by atoms with Crippen LogP contribution in [0.1, 0.15) is 41.0 Å². The summed E-state index contributed by atoms with van der Waals surface area (Å²) < 4.78 is 2.14. The maximum atomic E-state index is 12.7. The van der Waals surface area contributed by atoms with Gasteiger partial charge in [0.05, 0.1) is 4.92 Å². The molecule has 0 radical (unpaired) electrons. The Labute approximate surface area is 167 Å². The zero-order valence-corrected chi connectivity index (χ0v) is 16.1. The Kier molecular flexibility index (Phi) is 5.07. The molecule has 2 aromatic carbocycles. The first kappa shape index (κ1) is 18.8. The largest absolute Gasteiger partial charge is 0.322 e. The van der Waals surface area contributed by atoms with Gasteiger partial charge in [-0.25, -0.2) is 0 Å². The Morgan fingerprint density at radius 1 is 1.14 bits per heavy atom. The number of aryl methyl sites for hydroxylation is 2. The summed E-state index contributed by atoms with van der Waals surface area (Å²) in [5.41, 5.74) is 2.11. The molecule has 1 aromatic heterocycles. The van der Waals surface area contributed by atoms with Gasteiger partial charge in [0.1, 0.15) is 11.4 Å². The average molecular weight is 391 g/mol. The molecule has 2 heterocycles. The number of fused-ring (bicyclic) bond motifs is 1. The Hall–Kier alpha value is -3.55. The van der Waals surface area contributed by atoms with Crippen LogP contribution < -0.4 is 5.32 Å². The monoisotopic (exact) mass is 391 g/mol. The van der Waals surface area contributed by atoms with Crippen LogP contribution in [0.4, 0.5) is 11.4 Å². The lowest BCUT2D eigenvalue weighted by molar-refractivity contribution is -0.385. The lowest BCUT2D eigenvalue weighted by Gasteiger charge is -2.12. The van der Waals surface area contributed by atoms with E-state index in [1.54, 1.807) is 6.07 Å². The van der Waals surface area contributed by atoms with Crippen LogP contribution in [0.15, 0.2) is 42.5 Å². The molecule has 0 fully saturated rings. The Morgan fingerprint density at radius 3 is 2.79 bits per heavy atom. The molecule has 0 bridgehead atoms. The summed E-state index contributed by atoms with van der Waals surface area (Å²) in [6.45, 7) is 2.76. The molecule has 148 valence electrons. The number of rotatable bonds is 4. The number of carbonyl (C=O) groups is 1. The van der Waals surface area contributed by atoms with E-state index in [1.165, 1.54) is 24.6 Å². The maximum absolute atomic E-state index is 12.7. The Morgan fingerprint density at radius 2 is 1.97 bits per heavy atom. The number of hydrogen-bond acceptors (Lipinski definition) is 5. The second-order valence-corrected chi connectivity index (χ2v) is 7.16. The van der Waals surface area contributed by atoms with Gasteiger partial charge >= 0.3 is 0 Å². The highest BCUT2D eigenvalue weighted by Crippen LogP contribution is 2.28. The molecule has 1 amide bonds. The van der Waals surface area contributed by atoms with Crippen molar-refractivity contribution in [1.82, 2.24) is 14.8 Å². The number of nitrogens with zero attached hydrogens (tertiary/aromatic N) is 4. The molecule has 1 aliphatic rings. The standard InChI is InChI=1S/C21H21N5O3/c1-14-10-11-15(20-24-23-19-9-3-2-6-12-25(19)20)13-17(14)22-21(27)16-7-4-5-8-18(16)26(28)29/h4-5,7-8,10-11,13H,2-3,6,9,12H2,1H3,(H,22,27). The van der Waals surface area contributed by atoms with Gasteiger partial charge in [0.25, 0.3) is 11.6 Å². The molecule has 0 unspecified atom stereocenters. The minimum absolute atomic E-state index is 0.0265. The minimum atomic E-state index is -0.552. The quantitative estimate of drug-likeness (QED) is 0.532. The molecule has 29 heavy (non-hydrogen) atoms. The third kappa shape index (κ3) is 3.73. The number of carbonyl (C=O) groups excluding carboxylic acids is 1. The SMILES string of the molecule is Cc1ccc(-c2nnc3n2CCCCC3)cc1NC(=O)c1ccccc1[N+](=O)[O-]. The van der Waals surface area contributed by atoms with Gasteiger partial charge < -0.3 is 9.88 Å². The molecule has 8 nitrogen and oxygen atoms in total.